The monoisotopic (exact) mass is 370 g/mol. The molecular formula is C15H15O7PS. The number of carbonyl (C=O) groups is 1. The maximum absolute atomic E-state index is 12.4. The van der Waals surface area contributed by atoms with Crippen LogP contribution in [-0.2, 0) is 11.0 Å². The lowest BCUT2D eigenvalue weighted by atomic mass is 10.0. The molecule has 2 aromatic carbocycles. The second-order valence-corrected chi connectivity index (χ2v) is 8.59. The van der Waals surface area contributed by atoms with Crippen LogP contribution < -0.4 is 0 Å². The zero-order valence-electron chi connectivity index (χ0n) is 12.3. The average molecular weight is 370 g/mol. The van der Waals surface area contributed by atoms with Crippen molar-refractivity contribution >= 4 is 24.0 Å². The fourth-order valence-electron chi connectivity index (χ4n) is 2.11. The third-order valence-corrected chi connectivity index (χ3v) is 5.20. The van der Waals surface area contributed by atoms with E-state index in [-0.39, 0.29) is 34.0 Å². The smallest absolute Gasteiger partial charge is 0.388 e. The number of phenols is 3. The molecule has 5 N–H and O–H groups in total. The third-order valence-electron chi connectivity index (χ3n) is 3.14. The van der Waals surface area contributed by atoms with Gasteiger partial charge in [0, 0.05) is 17.4 Å². The van der Waals surface area contributed by atoms with Crippen LogP contribution in [-0.4, -0.2) is 30.9 Å². The Balaban J connectivity index is 2.24. The molecule has 0 aliphatic rings. The van der Waals surface area contributed by atoms with Gasteiger partial charge in [0.1, 0.15) is 17.2 Å². The molecule has 0 amide bonds. The summed E-state index contributed by atoms with van der Waals surface area (Å²) < 4.78 is 11.2. The fraction of sp³-hybridized carbons (Fsp3) is 0.133. The van der Waals surface area contributed by atoms with E-state index in [1.54, 1.807) is 12.1 Å². The van der Waals surface area contributed by atoms with Gasteiger partial charge in [0.25, 0.3) is 0 Å². The van der Waals surface area contributed by atoms with Crippen molar-refractivity contribution in [3.05, 3.63) is 47.5 Å². The number of hydrogen-bond donors (Lipinski definition) is 5. The number of aromatic hydroxyl groups is 3. The minimum atomic E-state index is -4.56. The van der Waals surface area contributed by atoms with E-state index in [1.165, 1.54) is 12.1 Å². The van der Waals surface area contributed by atoms with Crippen LogP contribution in [0.4, 0.5) is 0 Å². The first-order chi connectivity index (χ1) is 11.2. The summed E-state index contributed by atoms with van der Waals surface area (Å²) in [4.78, 5) is 30.3. The van der Waals surface area contributed by atoms with Gasteiger partial charge >= 0.3 is 6.80 Å². The van der Waals surface area contributed by atoms with Gasteiger partial charge in [-0.15, -0.1) is 0 Å². The van der Waals surface area contributed by atoms with E-state index in [1.807, 2.05) is 0 Å². The van der Waals surface area contributed by atoms with Crippen molar-refractivity contribution < 1.29 is 34.5 Å². The Morgan fingerprint density at radius 2 is 1.62 bits per heavy atom. The summed E-state index contributed by atoms with van der Waals surface area (Å²) in [6.45, 7) is -4.56. The zero-order chi connectivity index (χ0) is 17.9. The first-order valence-corrected chi connectivity index (χ1v) is 9.81. The van der Waals surface area contributed by atoms with E-state index in [2.05, 4.69) is 0 Å². The minimum Gasteiger partial charge on any atom is -0.508 e. The highest BCUT2D eigenvalue weighted by Crippen LogP contribution is 2.56. The molecule has 0 aromatic heterocycles. The minimum absolute atomic E-state index is 0.0160. The summed E-state index contributed by atoms with van der Waals surface area (Å²) in [6.07, 6.45) is 0.303. The summed E-state index contributed by atoms with van der Waals surface area (Å²) in [5, 5.41) is 28.6. The molecule has 2 rings (SSSR count). The summed E-state index contributed by atoms with van der Waals surface area (Å²) >= 11 is 0.100. The molecular weight excluding hydrogens is 355 g/mol. The standard InChI is InChI=1S/C15H15O7PS/c16-10-4-1-9(2-5-10)3-6-12(18)15-13(19)7-11(17)8-14(15)24-23(20,21)22/h1-2,4-5,7-8,16-17,19H,3,6H2,(H2,20,21,22). The molecule has 2 aromatic rings. The average Bonchev–Trinajstić information content (AvgIpc) is 2.44. The Bertz CT molecular complexity index is 798. The highest BCUT2D eigenvalue weighted by atomic mass is 32.7. The molecule has 0 atom stereocenters. The number of hydrogen-bond acceptors (Lipinski definition) is 6. The van der Waals surface area contributed by atoms with E-state index in [9.17, 15) is 24.7 Å². The van der Waals surface area contributed by atoms with Gasteiger partial charge in [-0.25, -0.2) is 4.57 Å². The Morgan fingerprint density at radius 3 is 2.21 bits per heavy atom. The largest absolute Gasteiger partial charge is 0.508 e. The van der Waals surface area contributed by atoms with Crippen LogP contribution in [0.25, 0.3) is 0 Å². The number of ketones is 1. The predicted octanol–water partition coefficient (Wildman–Crippen LogP) is 2.80. The first kappa shape index (κ1) is 18.4. The van der Waals surface area contributed by atoms with Gasteiger partial charge in [-0.1, -0.05) is 12.1 Å². The van der Waals surface area contributed by atoms with Crippen molar-refractivity contribution in [1.29, 1.82) is 0 Å². The lowest BCUT2D eigenvalue weighted by molar-refractivity contribution is 0.0977. The lowest BCUT2D eigenvalue weighted by Crippen LogP contribution is -2.04. The maximum atomic E-state index is 12.4. The Labute approximate surface area is 141 Å². The molecule has 128 valence electrons. The number of benzene rings is 2. The molecule has 0 unspecified atom stereocenters. The number of carbonyl (C=O) groups excluding carboxylic acids is 1. The van der Waals surface area contributed by atoms with Gasteiger partial charge in [-0.2, -0.15) is 0 Å². The molecule has 0 saturated heterocycles. The molecule has 0 heterocycles. The molecule has 0 spiro atoms. The van der Waals surface area contributed by atoms with Crippen molar-refractivity contribution in [3.63, 3.8) is 0 Å². The van der Waals surface area contributed by atoms with Crippen LogP contribution in [0.15, 0.2) is 41.3 Å². The van der Waals surface area contributed by atoms with E-state index in [0.29, 0.717) is 6.42 Å². The lowest BCUT2D eigenvalue weighted by Gasteiger charge is -2.12. The molecule has 7 nitrogen and oxygen atoms in total. The van der Waals surface area contributed by atoms with Gasteiger partial charge in [0.15, 0.2) is 5.78 Å². The quantitative estimate of drug-likeness (QED) is 0.387. The van der Waals surface area contributed by atoms with E-state index < -0.39 is 24.1 Å². The van der Waals surface area contributed by atoms with E-state index in [4.69, 9.17) is 9.79 Å². The third kappa shape index (κ3) is 5.01. The Morgan fingerprint density at radius 1 is 1.00 bits per heavy atom. The maximum Gasteiger partial charge on any atom is 0.388 e. The van der Waals surface area contributed by atoms with Crippen LogP contribution in [0.3, 0.4) is 0 Å². The summed E-state index contributed by atoms with van der Waals surface area (Å²) in [5.74, 6) is -1.36. The molecule has 0 saturated carbocycles. The van der Waals surface area contributed by atoms with Gasteiger partial charge in [-0.3, -0.25) is 4.79 Å². The van der Waals surface area contributed by atoms with Crippen LogP contribution in [0.2, 0.25) is 0 Å². The van der Waals surface area contributed by atoms with Crippen molar-refractivity contribution in [2.45, 2.75) is 17.7 Å². The molecule has 0 radical (unpaired) electrons. The molecule has 0 aliphatic heterocycles. The zero-order valence-corrected chi connectivity index (χ0v) is 14.0. The highest BCUT2D eigenvalue weighted by molar-refractivity contribution is 8.54. The van der Waals surface area contributed by atoms with Crippen LogP contribution in [0.5, 0.6) is 17.2 Å². The first-order valence-electron chi connectivity index (χ1n) is 6.78. The Hall–Kier alpha value is -1.99. The topological polar surface area (TPSA) is 135 Å². The van der Waals surface area contributed by atoms with Crippen molar-refractivity contribution in [3.8, 4) is 17.2 Å². The second kappa shape index (κ2) is 7.27. The molecule has 0 aliphatic carbocycles. The van der Waals surface area contributed by atoms with Crippen LogP contribution >= 0.6 is 18.2 Å². The second-order valence-electron chi connectivity index (χ2n) is 5.01. The van der Waals surface area contributed by atoms with Gasteiger partial charge in [0.2, 0.25) is 0 Å². The SMILES string of the molecule is O=C(CCc1ccc(O)cc1)c1c(O)cc(O)cc1SP(=O)(O)O. The van der Waals surface area contributed by atoms with Crippen molar-refractivity contribution in [2.75, 3.05) is 0 Å². The number of Topliss-reactive ketones (excluding diaryl/α,β-unsaturated/α-hetero) is 1. The molecule has 24 heavy (non-hydrogen) atoms. The van der Waals surface area contributed by atoms with Gasteiger partial charge in [-0.05, 0) is 41.6 Å². The van der Waals surface area contributed by atoms with Gasteiger partial charge in [0.05, 0.1) is 5.56 Å². The predicted molar refractivity (Wildman–Crippen MR) is 88.4 cm³/mol. The molecule has 0 fully saturated rings. The van der Waals surface area contributed by atoms with E-state index in [0.717, 1.165) is 17.7 Å². The summed E-state index contributed by atoms with van der Waals surface area (Å²) in [6, 6.07) is 8.21. The van der Waals surface area contributed by atoms with Crippen LogP contribution in [0, 0.1) is 0 Å². The van der Waals surface area contributed by atoms with Gasteiger partial charge < -0.3 is 25.1 Å². The highest BCUT2D eigenvalue weighted by Gasteiger charge is 2.24. The Kier molecular flexibility index (Phi) is 5.56. The van der Waals surface area contributed by atoms with Crippen molar-refractivity contribution in [2.24, 2.45) is 0 Å². The van der Waals surface area contributed by atoms with Crippen LogP contribution in [0.1, 0.15) is 22.3 Å². The number of rotatable bonds is 6. The molecule has 9 heteroatoms. The summed E-state index contributed by atoms with van der Waals surface area (Å²) in [5.41, 5.74) is 0.545. The molecule has 0 bridgehead atoms. The summed E-state index contributed by atoms with van der Waals surface area (Å²) in [7, 11) is 0. The van der Waals surface area contributed by atoms with E-state index >= 15 is 0 Å². The fourth-order valence-corrected chi connectivity index (χ4v) is 4.05. The normalized spacial score (nSPS) is 11.4. The number of phenolic OH excluding ortho intramolecular Hbond substituents is 3. The number of aryl methyl sites for hydroxylation is 1. The van der Waals surface area contributed by atoms with Crippen molar-refractivity contribution in [1.82, 2.24) is 0 Å².